The molecule has 1 amide bonds. The summed E-state index contributed by atoms with van der Waals surface area (Å²) in [5.74, 6) is -0.0633. The van der Waals surface area contributed by atoms with E-state index in [1.807, 2.05) is 17.0 Å². The van der Waals surface area contributed by atoms with Gasteiger partial charge in [-0.2, -0.15) is 4.31 Å². The lowest BCUT2D eigenvalue weighted by atomic mass is 10.3. The Morgan fingerprint density at radius 3 is 2.62 bits per heavy atom. The SMILES string of the molecule is CS(=O)(=O)N1CCN(CC(=O)NCc2cccnc2)CC1. The van der Waals surface area contributed by atoms with Gasteiger partial charge in [-0.05, 0) is 11.6 Å². The zero-order chi connectivity index (χ0) is 15.3. The predicted molar refractivity (Wildman–Crippen MR) is 78.9 cm³/mol. The molecule has 0 aliphatic carbocycles. The second-order valence-electron chi connectivity index (χ2n) is 5.08. The van der Waals surface area contributed by atoms with E-state index in [1.165, 1.54) is 10.6 Å². The van der Waals surface area contributed by atoms with Crippen LogP contribution in [0.25, 0.3) is 0 Å². The number of aromatic nitrogens is 1. The molecule has 1 N–H and O–H groups in total. The maximum atomic E-state index is 11.9. The Hall–Kier alpha value is -1.51. The lowest BCUT2D eigenvalue weighted by Crippen LogP contribution is -2.50. The molecule has 0 saturated carbocycles. The largest absolute Gasteiger partial charge is 0.351 e. The van der Waals surface area contributed by atoms with Crippen LogP contribution in [0.3, 0.4) is 0 Å². The molecule has 0 bridgehead atoms. The summed E-state index contributed by atoms with van der Waals surface area (Å²) in [7, 11) is -3.12. The highest BCUT2D eigenvalue weighted by Crippen LogP contribution is 2.05. The van der Waals surface area contributed by atoms with E-state index in [9.17, 15) is 13.2 Å². The van der Waals surface area contributed by atoms with Crippen molar-refractivity contribution in [1.82, 2.24) is 19.5 Å². The van der Waals surface area contributed by atoms with Crippen LogP contribution in [-0.4, -0.2) is 67.5 Å². The third-order valence-electron chi connectivity index (χ3n) is 3.38. The molecule has 8 heteroatoms. The Kier molecular flexibility index (Phi) is 5.27. The van der Waals surface area contributed by atoms with Gasteiger partial charge in [-0.1, -0.05) is 6.07 Å². The van der Waals surface area contributed by atoms with E-state index in [2.05, 4.69) is 10.3 Å². The lowest BCUT2D eigenvalue weighted by molar-refractivity contribution is -0.122. The maximum Gasteiger partial charge on any atom is 0.234 e. The van der Waals surface area contributed by atoms with E-state index < -0.39 is 10.0 Å². The predicted octanol–water partition coefficient (Wildman–Crippen LogP) is -0.725. The first-order valence-electron chi connectivity index (χ1n) is 6.78. The van der Waals surface area contributed by atoms with Gasteiger partial charge in [0.15, 0.2) is 0 Å². The molecule has 1 aromatic rings. The number of hydrogen-bond donors (Lipinski definition) is 1. The number of nitrogens with one attached hydrogen (secondary N) is 1. The molecule has 1 aliphatic rings. The molecule has 0 spiro atoms. The average Bonchev–Trinajstić information content (AvgIpc) is 2.46. The van der Waals surface area contributed by atoms with E-state index in [4.69, 9.17) is 0 Å². The van der Waals surface area contributed by atoms with Gasteiger partial charge < -0.3 is 5.32 Å². The highest BCUT2D eigenvalue weighted by Gasteiger charge is 2.24. The second-order valence-corrected chi connectivity index (χ2v) is 7.06. The van der Waals surface area contributed by atoms with Crippen molar-refractivity contribution < 1.29 is 13.2 Å². The first kappa shape index (κ1) is 15.9. The molecule has 7 nitrogen and oxygen atoms in total. The van der Waals surface area contributed by atoms with Crippen molar-refractivity contribution in [3.8, 4) is 0 Å². The van der Waals surface area contributed by atoms with Gasteiger partial charge >= 0.3 is 0 Å². The lowest BCUT2D eigenvalue weighted by Gasteiger charge is -2.32. The zero-order valence-electron chi connectivity index (χ0n) is 12.0. The number of carbonyl (C=O) groups is 1. The number of piperazine rings is 1. The Morgan fingerprint density at radius 1 is 1.33 bits per heavy atom. The van der Waals surface area contributed by atoms with Crippen molar-refractivity contribution in [2.45, 2.75) is 6.54 Å². The summed E-state index contributed by atoms with van der Waals surface area (Å²) in [6.45, 7) is 2.78. The van der Waals surface area contributed by atoms with Gasteiger partial charge in [0.2, 0.25) is 15.9 Å². The van der Waals surface area contributed by atoms with Gasteiger partial charge in [-0.15, -0.1) is 0 Å². The summed E-state index contributed by atoms with van der Waals surface area (Å²) in [5, 5.41) is 2.84. The van der Waals surface area contributed by atoms with Crippen molar-refractivity contribution >= 4 is 15.9 Å². The molecule has 1 aliphatic heterocycles. The molecular formula is C13H20N4O3S. The van der Waals surface area contributed by atoms with Crippen LogP contribution in [0.4, 0.5) is 0 Å². The number of hydrogen-bond acceptors (Lipinski definition) is 5. The summed E-state index contributed by atoms with van der Waals surface area (Å²) in [6.07, 6.45) is 4.61. The van der Waals surface area contributed by atoms with Gasteiger partial charge in [0.05, 0.1) is 12.8 Å². The minimum atomic E-state index is -3.12. The number of nitrogens with zero attached hydrogens (tertiary/aromatic N) is 3. The number of pyridine rings is 1. The third-order valence-corrected chi connectivity index (χ3v) is 4.68. The minimum Gasteiger partial charge on any atom is -0.351 e. The molecule has 2 heterocycles. The third kappa shape index (κ3) is 5.07. The highest BCUT2D eigenvalue weighted by molar-refractivity contribution is 7.88. The number of rotatable bonds is 5. The van der Waals surface area contributed by atoms with E-state index in [0.29, 0.717) is 32.7 Å². The Bertz CT molecular complexity index is 568. The van der Waals surface area contributed by atoms with Gasteiger partial charge in [-0.25, -0.2) is 8.42 Å². The molecule has 0 aromatic carbocycles. The zero-order valence-corrected chi connectivity index (χ0v) is 12.8. The molecule has 1 fully saturated rings. The summed E-state index contributed by atoms with van der Waals surface area (Å²) < 4.78 is 24.2. The molecular weight excluding hydrogens is 292 g/mol. The second kappa shape index (κ2) is 6.97. The van der Waals surface area contributed by atoms with Crippen LogP contribution in [0, 0.1) is 0 Å². The van der Waals surface area contributed by atoms with Crippen molar-refractivity contribution in [3.63, 3.8) is 0 Å². The monoisotopic (exact) mass is 312 g/mol. The van der Waals surface area contributed by atoms with E-state index in [1.54, 1.807) is 12.4 Å². The average molecular weight is 312 g/mol. The molecule has 2 rings (SSSR count). The van der Waals surface area contributed by atoms with Crippen LogP contribution in [0.2, 0.25) is 0 Å². The molecule has 21 heavy (non-hydrogen) atoms. The van der Waals surface area contributed by atoms with Crippen molar-refractivity contribution in [2.24, 2.45) is 0 Å². The van der Waals surface area contributed by atoms with Crippen LogP contribution >= 0.6 is 0 Å². The van der Waals surface area contributed by atoms with Crippen LogP contribution in [0.1, 0.15) is 5.56 Å². The smallest absolute Gasteiger partial charge is 0.234 e. The molecule has 0 unspecified atom stereocenters. The first-order chi connectivity index (χ1) is 9.95. The standard InChI is InChI=1S/C13H20N4O3S/c1-21(19,20)17-7-5-16(6-8-17)11-13(18)15-10-12-3-2-4-14-9-12/h2-4,9H,5-8,10-11H2,1H3,(H,15,18). The fraction of sp³-hybridized carbons (Fsp3) is 0.538. The van der Waals surface area contributed by atoms with E-state index in [0.717, 1.165) is 5.56 Å². The van der Waals surface area contributed by atoms with Crippen LogP contribution in [0.15, 0.2) is 24.5 Å². The quantitative estimate of drug-likeness (QED) is 0.775. The first-order valence-corrected chi connectivity index (χ1v) is 8.63. The van der Waals surface area contributed by atoms with E-state index in [-0.39, 0.29) is 12.5 Å². The molecule has 0 atom stereocenters. The van der Waals surface area contributed by atoms with E-state index >= 15 is 0 Å². The minimum absolute atomic E-state index is 0.0633. The number of carbonyl (C=O) groups excluding carboxylic acids is 1. The van der Waals surface area contributed by atoms with Crippen molar-refractivity contribution in [2.75, 3.05) is 39.0 Å². The highest BCUT2D eigenvalue weighted by atomic mass is 32.2. The van der Waals surface area contributed by atoms with Crippen LogP contribution in [-0.2, 0) is 21.4 Å². The normalized spacial score (nSPS) is 17.6. The van der Waals surface area contributed by atoms with Crippen molar-refractivity contribution in [1.29, 1.82) is 0 Å². The maximum absolute atomic E-state index is 11.9. The fourth-order valence-corrected chi connectivity index (χ4v) is 3.01. The Morgan fingerprint density at radius 2 is 2.05 bits per heavy atom. The van der Waals surface area contributed by atoms with Gasteiger partial charge in [-0.3, -0.25) is 14.7 Å². The number of sulfonamides is 1. The summed E-state index contributed by atoms with van der Waals surface area (Å²) in [6, 6.07) is 3.73. The molecule has 0 radical (unpaired) electrons. The van der Waals surface area contributed by atoms with Gasteiger partial charge in [0.1, 0.15) is 0 Å². The van der Waals surface area contributed by atoms with Crippen molar-refractivity contribution in [3.05, 3.63) is 30.1 Å². The molecule has 1 aromatic heterocycles. The number of amides is 1. The summed E-state index contributed by atoms with van der Waals surface area (Å²) >= 11 is 0. The topological polar surface area (TPSA) is 82.6 Å². The van der Waals surface area contributed by atoms with Gasteiger partial charge in [0, 0.05) is 45.1 Å². The van der Waals surface area contributed by atoms with Crippen LogP contribution < -0.4 is 5.32 Å². The fourth-order valence-electron chi connectivity index (χ4n) is 2.18. The Labute approximate surface area is 125 Å². The Balaban J connectivity index is 1.72. The summed E-state index contributed by atoms with van der Waals surface area (Å²) in [5.41, 5.74) is 0.952. The molecule has 1 saturated heterocycles. The van der Waals surface area contributed by atoms with Crippen LogP contribution in [0.5, 0.6) is 0 Å². The van der Waals surface area contributed by atoms with Gasteiger partial charge in [0.25, 0.3) is 0 Å². The molecule has 116 valence electrons. The summed E-state index contributed by atoms with van der Waals surface area (Å²) in [4.78, 5) is 17.8.